The van der Waals surface area contributed by atoms with Crippen molar-refractivity contribution in [3.05, 3.63) is 47.0 Å². The number of likely N-dealkylation sites (N-methyl/N-ethyl adjacent to an activating group) is 1. The molecule has 0 spiro atoms. The van der Waals surface area contributed by atoms with E-state index in [1.54, 1.807) is 14.1 Å². The maximum Gasteiger partial charge on any atom is 0.235 e. The Morgan fingerprint density at radius 2 is 1.60 bits per heavy atom. The quantitative estimate of drug-likeness (QED) is 0.453. The molecule has 3 aliphatic carbocycles. The number of anilines is 1. The van der Waals surface area contributed by atoms with Crippen molar-refractivity contribution in [3.63, 3.8) is 0 Å². The van der Waals surface area contributed by atoms with Gasteiger partial charge in [-0.2, -0.15) is 0 Å². The number of primary amides is 1. The molecule has 10 heteroatoms. The van der Waals surface area contributed by atoms with Gasteiger partial charge in [0, 0.05) is 31.3 Å². The van der Waals surface area contributed by atoms with E-state index in [1.807, 2.05) is 49.3 Å². The van der Waals surface area contributed by atoms with Crippen molar-refractivity contribution in [2.45, 2.75) is 50.7 Å². The van der Waals surface area contributed by atoms with Crippen molar-refractivity contribution in [2.24, 2.45) is 29.4 Å². The number of phenolic OH excluding ortho intramolecular Hbond substituents is 1. The van der Waals surface area contributed by atoms with Crippen molar-refractivity contribution in [1.29, 1.82) is 0 Å². The van der Waals surface area contributed by atoms with Crippen molar-refractivity contribution in [2.75, 3.05) is 33.1 Å². The number of rotatable bonds is 4. The molecule has 0 aliphatic heterocycles. The summed E-state index contributed by atoms with van der Waals surface area (Å²) in [4.78, 5) is 70.7. The van der Waals surface area contributed by atoms with E-state index >= 15 is 0 Å². The number of fused-ring (bicyclic) bond motifs is 3. The molecule has 2 fully saturated rings. The highest BCUT2D eigenvalue weighted by Crippen LogP contribution is 2.53. The summed E-state index contributed by atoms with van der Waals surface area (Å²) >= 11 is 0. The summed E-state index contributed by atoms with van der Waals surface area (Å²) in [6.45, 7) is 6.28. The zero-order valence-electron chi connectivity index (χ0n) is 25.6. The molecule has 0 aromatic heterocycles. The highest BCUT2D eigenvalue weighted by Gasteiger charge is 2.69. The molecule has 5 rings (SSSR count). The molecular weight excluding hydrogens is 550 g/mol. The number of hydrogen-bond donors (Lipinski definition) is 3. The van der Waals surface area contributed by atoms with Crippen LogP contribution in [0.2, 0.25) is 0 Å². The fourth-order valence-corrected chi connectivity index (χ4v) is 7.42. The molecule has 2 aromatic rings. The van der Waals surface area contributed by atoms with Gasteiger partial charge in [-0.25, -0.2) is 0 Å². The van der Waals surface area contributed by atoms with Gasteiger partial charge in [0.05, 0.1) is 17.5 Å². The average molecular weight is 590 g/mol. The van der Waals surface area contributed by atoms with Gasteiger partial charge >= 0.3 is 0 Å². The minimum atomic E-state index is -2.75. The summed E-state index contributed by atoms with van der Waals surface area (Å²) in [5, 5.41) is 23.4. The highest BCUT2D eigenvalue weighted by atomic mass is 16.3. The van der Waals surface area contributed by atoms with Gasteiger partial charge in [-0.15, -0.1) is 0 Å². The van der Waals surface area contributed by atoms with Crippen LogP contribution in [0.15, 0.2) is 30.3 Å². The summed E-state index contributed by atoms with van der Waals surface area (Å²) in [7, 11) is 6.77. The SMILES string of the molecule is CN(C)c1cc(-c2ccc(C(C)(C)C)cc2)c(O)c2c1CC1CC3C(N(C)C)C(=O)C(C(N)=O)C(=O)C3(O)C(=O)C1C2=O. The third-order valence-corrected chi connectivity index (χ3v) is 9.58. The Kier molecular flexibility index (Phi) is 7.17. The van der Waals surface area contributed by atoms with Gasteiger partial charge in [-0.05, 0) is 61.0 Å². The first-order valence-electron chi connectivity index (χ1n) is 14.4. The van der Waals surface area contributed by atoms with Crippen LogP contribution in [-0.4, -0.2) is 84.0 Å². The van der Waals surface area contributed by atoms with Gasteiger partial charge in [0.1, 0.15) is 5.75 Å². The predicted molar refractivity (Wildman–Crippen MR) is 160 cm³/mol. The lowest BCUT2D eigenvalue weighted by Gasteiger charge is -2.52. The van der Waals surface area contributed by atoms with E-state index in [9.17, 15) is 34.2 Å². The Morgan fingerprint density at radius 3 is 2.12 bits per heavy atom. The molecule has 2 aromatic carbocycles. The van der Waals surface area contributed by atoms with E-state index in [1.165, 1.54) is 4.90 Å². The van der Waals surface area contributed by atoms with Crippen LogP contribution in [0.5, 0.6) is 5.75 Å². The summed E-state index contributed by atoms with van der Waals surface area (Å²) < 4.78 is 0. The number of phenols is 1. The molecule has 6 atom stereocenters. The van der Waals surface area contributed by atoms with Crippen molar-refractivity contribution >= 4 is 34.7 Å². The fraction of sp³-hybridized carbons (Fsp3) is 0.485. The predicted octanol–water partition coefficient (Wildman–Crippen LogP) is 1.90. The van der Waals surface area contributed by atoms with Gasteiger partial charge in [-0.1, -0.05) is 45.0 Å². The van der Waals surface area contributed by atoms with Crippen LogP contribution < -0.4 is 10.6 Å². The number of Topliss-reactive ketones (excluding diaryl/α,β-unsaturated/α-hetero) is 4. The van der Waals surface area contributed by atoms with E-state index < -0.39 is 64.4 Å². The molecule has 0 radical (unpaired) electrons. The minimum Gasteiger partial charge on any atom is -0.507 e. The topological polar surface area (TPSA) is 158 Å². The van der Waals surface area contributed by atoms with Gasteiger partial charge in [0.15, 0.2) is 34.7 Å². The average Bonchev–Trinajstić information content (AvgIpc) is 2.90. The van der Waals surface area contributed by atoms with Crippen molar-refractivity contribution < 1.29 is 34.2 Å². The first-order chi connectivity index (χ1) is 19.9. The lowest BCUT2D eigenvalue weighted by Crippen LogP contribution is -2.74. The van der Waals surface area contributed by atoms with Crippen LogP contribution in [0.1, 0.15) is 48.7 Å². The Balaban J connectivity index is 1.66. The Bertz CT molecular complexity index is 1570. The molecule has 1 amide bonds. The van der Waals surface area contributed by atoms with Gasteiger partial charge in [0.25, 0.3) is 0 Å². The number of carbonyl (C=O) groups excluding carboxylic acids is 5. The van der Waals surface area contributed by atoms with Gasteiger partial charge in [-0.3, -0.25) is 28.9 Å². The fourth-order valence-electron chi connectivity index (χ4n) is 7.42. The third-order valence-electron chi connectivity index (χ3n) is 9.58. The molecular formula is C33H39N3O7. The monoisotopic (exact) mass is 589 g/mol. The number of aliphatic hydroxyl groups is 1. The zero-order chi connectivity index (χ0) is 31.9. The van der Waals surface area contributed by atoms with E-state index in [2.05, 4.69) is 20.8 Å². The molecule has 3 aliphatic rings. The van der Waals surface area contributed by atoms with Crippen LogP contribution in [0.4, 0.5) is 5.69 Å². The van der Waals surface area contributed by atoms with Gasteiger partial charge < -0.3 is 20.8 Å². The standard InChI is InChI=1S/C33H39N3O7/c1-32(2,3)17-10-8-15(9-11-17)18-14-21(35(4)5)19-12-16-13-20-25(36(6)7)28(39)24(31(34)42)30(41)33(20,43)29(40)22(16)27(38)23(19)26(18)37/h8-11,14,16,20,22,24-25,37,43H,12-13H2,1-7H3,(H2,34,42). The summed E-state index contributed by atoms with van der Waals surface area (Å²) in [5.74, 6) is -10.6. The lowest BCUT2D eigenvalue weighted by atomic mass is 9.52. The molecule has 10 nitrogen and oxygen atoms in total. The first-order valence-corrected chi connectivity index (χ1v) is 14.4. The molecule has 0 saturated heterocycles. The summed E-state index contributed by atoms with van der Waals surface area (Å²) in [5.41, 5.74) is 5.98. The first kappa shape index (κ1) is 30.6. The van der Waals surface area contributed by atoms with E-state index in [4.69, 9.17) is 5.73 Å². The molecule has 4 N–H and O–H groups in total. The molecule has 43 heavy (non-hydrogen) atoms. The molecule has 228 valence electrons. The number of benzene rings is 2. The highest BCUT2D eigenvalue weighted by molar-refractivity contribution is 6.32. The number of carbonyl (C=O) groups is 5. The van der Waals surface area contributed by atoms with E-state index in [0.29, 0.717) is 22.4 Å². The molecule has 0 bridgehead atoms. The van der Waals surface area contributed by atoms with Crippen molar-refractivity contribution in [1.82, 2.24) is 4.90 Å². The number of nitrogens with zero attached hydrogens (tertiary/aromatic N) is 2. The Labute approximate surface area is 250 Å². The Morgan fingerprint density at radius 1 is 1.00 bits per heavy atom. The smallest absolute Gasteiger partial charge is 0.235 e. The van der Waals surface area contributed by atoms with Crippen LogP contribution in [0, 0.1) is 23.7 Å². The largest absolute Gasteiger partial charge is 0.507 e. The van der Waals surface area contributed by atoms with Crippen LogP contribution in [-0.2, 0) is 31.0 Å². The third kappa shape index (κ3) is 4.41. The Hall–Kier alpha value is -3.89. The summed E-state index contributed by atoms with van der Waals surface area (Å²) in [6.07, 6.45) is 0.212. The number of amides is 1. The zero-order valence-corrected chi connectivity index (χ0v) is 25.6. The van der Waals surface area contributed by atoms with Crippen LogP contribution in [0.3, 0.4) is 0 Å². The summed E-state index contributed by atoms with van der Waals surface area (Å²) in [6, 6.07) is 8.37. The minimum absolute atomic E-state index is 0.00748. The maximum atomic E-state index is 14.3. The second-order valence-corrected chi connectivity index (χ2v) is 13.7. The van der Waals surface area contributed by atoms with Crippen molar-refractivity contribution in [3.8, 4) is 16.9 Å². The number of nitrogens with two attached hydrogens (primary N) is 1. The second kappa shape index (κ2) is 10.1. The van der Waals surface area contributed by atoms with E-state index in [-0.39, 0.29) is 29.6 Å². The molecule has 6 unspecified atom stereocenters. The number of aromatic hydroxyl groups is 1. The number of hydrogen-bond acceptors (Lipinski definition) is 9. The molecule has 0 heterocycles. The second-order valence-electron chi connectivity index (χ2n) is 13.7. The maximum absolute atomic E-state index is 14.3. The van der Waals surface area contributed by atoms with E-state index in [0.717, 1.165) is 5.56 Å². The van der Waals surface area contributed by atoms with Crippen LogP contribution >= 0.6 is 0 Å². The molecule has 2 saturated carbocycles. The normalized spacial score (nSPS) is 28.8. The lowest BCUT2D eigenvalue weighted by molar-refractivity contribution is -0.181. The van der Waals surface area contributed by atoms with Crippen LogP contribution in [0.25, 0.3) is 11.1 Å². The van der Waals surface area contributed by atoms with Gasteiger partial charge in [0.2, 0.25) is 5.91 Å². The number of ketones is 4.